The summed E-state index contributed by atoms with van der Waals surface area (Å²) < 4.78 is 26.8. The Hall–Kier alpha value is -0.340. The summed E-state index contributed by atoms with van der Waals surface area (Å²) in [6.07, 6.45) is 1.16. The Morgan fingerprint density at radius 3 is 2.60 bits per heavy atom. The highest BCUT2D eigenvalue weighted by atomic mass is 35.5. The average molecular weight is 360 g/mol. The molecule has 0 amide bonds. The fourth-order valence-electron chi connectivity index (χ4n) is 1.54. The summed E-state index contributed by atoms with van der Waals surface area (Å²) in [5.41, 5.74) is 0. The van der Waals surface area contributed by atoms with E-state index in [0.717, 1.165) is 11.3 Å². The highest BCUT2D eigenvalue weighted by Gasteiger charge is 2.20. The molecule has 0 saturated heterocycles. The Balaban J connectivity index is 2.48. The van der Waals surface area contributed by atoms with Crippen molar-refractivity contribution in [1.29, 1.82) is 0 Å². The van der Waals surface area contributed by atoms with E-state index in [-0.39, 0.29) is 28.1 Å². The van der Waals surface area contributed by atoms with E-state index in [1.54, 1.807) is 0 Å². The van der Waals surface area contributed by atoms with Crippen molar-refractivity contribution in [3.05, 3.63) is 14.7 Å². The van der Waals surface area contributed by atoms with Gasteiger partial charge < -0.3 is 5.11 Å². The number of halogens is 2. The minimum Gasteiger partial charge on any atom is -0.481 e. The molecule has 1 rings (SSSR count). The average Bonchev–Trinajstić information content (AvgIpc) is 2.66. The number of rotatable bonds is 8. The minimum atomic E-state index is -3.67. The molecular weight excluding hydrogens is 345 g/mol. The van der Waals surface area contributed by atoms with Crippen LogP contribution in [0.25, 0.3) is 0 Å². The molecule has 2 N–H and O–H groups in total. The van der Waals surface area contributed by atoms with Crippen molar-refractivity contribution < 1.29 is 18.3 Å². The molecule has 1 aromatic heterocycles. The number of hydrogen-bond donors (Lipinski definition) is 2. The van der Waals surface area contributed by atoms with E-state index < -0.39 is 16.0 Å². The molecule has 0 bridgehead atoms. The van der Waals surface area contributed by atoms with E-state index in [0.29, 0.717) is 17.2 Å². The summed E-state index contributed by atoms with van der Waals surface area (Å²) in [7, 11) is -3.67. The predicted octanol–water partition coefficient (Wildman–Crippen LogP) is 3.22. The number of thiophene rings is 1. The van der Waals surface area contributed by atoms with Crippen molar-refractivity contribution in [2.45, 2.75) is 31.1 Å². The summed E-state index contributed by atoms with van der Waals surface area (Å²) in [4.78, 5) is 10.4. The summed E-state index contributed by atoms with van der Waals surface area (Å²) in [6, 6.07) is 1.31. The highest BCUT2D eigenvalue weighted by molar-refractivity contribution is 7.89. The van der Waals surface area contributed by atoms with Gasteiger partial charge in [0.2, 0.25) is 10.0 Å². The van der Waals surface area contributed by atoms with E-state index in [2.05, 4.69) is 4.72 Å². The van der Waals surface area contributed by atoms with Crippen LogP contribution in [0.3, 0.4) is 0 Å². The standard InChI is InChI=1S/C11H15Cl2NO4S2/c1-7(2-3-10(15)16)4-5-14-20(17,18)8-6-9(12)19-11(8)13/h6-7,14H,2-5H2,1H3,(H,15,16). The van der Waals surface area contributed by atoms with Crippen molar-refractivity contribution in [1.82, 2.24) is 4.72 Å². The van der Waals surface area contributed by atoms with E-state index in [1.807, 2.05) is 6.92 Å². The molecule has 0 spiro atoms. The van der Waals surface area contributed by atoms with Gasteiger partial charge in [0.05, 0.1) is 4.34 Å². The maximum absolute atomic E-state index is 12.0. The quantitative estimate of drug-likeness (QED) is 0.746. The topological polar surface area (TPSA) is 83.5 Å². The molecule has 0 aromatic carbocycles. The number of nitrogens with one attached hydrogen (secondary N) is 1. The summed E-state index contributed by atoms with van der Waals surface area (Å²) in [6.45, 7) is 2.11. The van der Waals surface area contributed by atoms with Crippen LogP contribution in [0.4, 0.5) is 0 Å². The van der Waals surface area contributed by atoms with E-state index in [4.69, 9.17) is 28.3 Å². The van der Waals surface area contributed by atoms with E-state index in [1.165, 1.54) is 6.07 Å². The molecule has 1 unspecified atom stereocenters. The Kier molecular flexibility index (Phi) is 6.74. The second-order valence-corrected chi connectivity index (χ2v) is 8.43. The molecule has 9 heteroatoms. The van der Waals surface area contributed by atoms with Crippen LogP contribution in [0.1, 0.15) is 26.2 Å². The third-order valence-corrected chi connectivity index (χ3v) is 5.91. The van der Waals surface area contributed by atoms with Gasteiger partial charge in [-0.2, -0.15) is 0 Å². The maximum Gasteiger partial charge on any atom is 0.303 e. The summed E-state index contributed by atoms with van der Waals surface area (Å²) in [5.74, 6) is -0.729. The molecule has 1 heterocycles. The zero-order chi connectivity index (χ0) is 15.3. The largest absolute Gasteiger partial charge is 0.481 e. The number of hydrogen-bond acceptors (Lipinski definition) is 4. The van der Waals surface area contributed by atoms with Crippen molar-refractivity contribution in [2.24, 2.45) is 5.92 Å². The van der Waals surface area contributed by atoms with Crippen LogP contribution >= 0.6 is 34.5 Å². The second-order valence-electron chi connectivity index (χ2n) is 4.41. The third-order valence-electron chi connectivity index (χ3n) is 2.70. The highest BCUT2D eigenvalue weighted by Crippen LogP contribution is 2.34. The van der Waals surface area contributed by atoms with Crippen molar-refractivity contribution in [2.75, 3.05) is 6.54 Å². The molecule has 114 valence electrons. The van der Waals surface area contributed by atoms with Crippen LogP contribution < -0.4 is 4.72 Å². The lowest BCUT2D eigenvalue weighted by atomic mass is 10.0. The maximum atomic E-state index is 12.0. The van der Waals surface area contributed by atoms with Crippen LogP contribution in [-0.2, 0) is 14.8 Å². The normalized spacial score (nSPS) is 13.3. The van der Waals surface area contributed by atoms with Crippen LogP contribution in [0.2, 0.25) is 8.67 Å². The summed E-state index contributed by atoms with van der Waals surface area (Å²) >= 11 is 12.5. The van der Waals surface area contributed by atoms with Gasteiger partial charge in [0, 0.05) is 13.0 Å². The first-order valence-electron chi connectivity index (χ1n) is 5.88. The molecule has 0 aliphatic rings. The van der Waals surface area contributed by atoms with Crippen molar-refractivity contribution in [3.8, 4) is 0 Å². The molecule has 1 atom stereocenters. The number of aliphatic carboxylic acids is 1. The Labute approximate surface area is 131 Å². The van der Waals surface area contributed by atoms with Gasteiger partial charge in [-0.3, -0.25) is 4.79 Å². The fourth-order valence-corrected chi connectivity index (χ4v) is 4.73. The lowest BCUT2D eigenvalue weighted by Crippen LogP contribution is -2.25. The van der Waals surface area contributed by atoms with Gasteiger partial charge in [-0.25, -0.2) is 13.1 Å². The van der Waals surface area contributed by atoms with Gasteiger partial charge in [0.1, 0.15) is 9.23 Å². The van der Waals surface area contributed by atoms with Crippen LogP contribution in [0.15, 0.2) is 11.0 Å². The SMILES string of the molecule is CC(CCNS(=O)(=O)c1cc(Cl)sc1Cl)CCC(=O)O. The molecule has 0 aliphatic carbocycles. The Morgan fingerprint density at radius 2 is 2.10 bits per heavy atom. The Morgan fingerprint density at radius 1 is 1.45 bits per heavy atom. The van der Waals surface area contributed by atoms with Crippen LogP contribution in [-0.4, -0.2) is 26.0 Å². The predicted molar refractivity (Wildman–Crippen MR) is 80.2 cm³/mol. The minimum absolute atomic E-state index is 0.0210. The molecule has 0 aliphatic heterocycles. The van der Waals surface area contributed by atoms with Crippen molar-refractivity contribution >= 4 is 50.5 Å². The lowest BCUT2D eigenvalue weighted by Gasteiger charge is -2.10. The summed E-state index contributed by atoms with van der Waals surface area (Å²) in [5, 5.41) is 8.56. The molecule has 0 fully saturated rings. The first-order valence-corrected chi connectivity index (χ1v) is 8.94. The van der Waals surface area contributed by atoms with Gasteiger partial charge in [-0.1, -0.05) is 30.1 Å². The van der Waals surface area contributed by atoms with Gasteiger partial charge in [-0.05, 0) is 24.8 Å². The first kappa shape index (κ1) is 17.7. The third kappa shape index (κ3) is 5.57. The number of carboxylic acid groups (broad SMARTS) is 1. The smallest absolute Gasteiger partial charge is 0.303 e. The first-order chi connectivity index (χ1) is 9.22. The molecule has 20 heavy (non-hydrogen) atoms. The Bertz CT molecular complexity index is 571. The van der Waals surface area contributed by atoms with Gasteiger partial charge >= 0.3 is 5.97 Å². The van der Waals surface area contributed by atoms with Crippen molar-refractivity contribution in [3.63, 3.8) is 0 Å². The molecule has 0 radical (unpaired) electrons. The number of sulfonamides is 1. The van der Waals surface area contributed by atoms with E-state index >= 15 is 0 Å². The number of carboxylic acids is 1. The van der Waals surface area contributed by atoms with Gasteiger partial charge in [0.25, 0.3) is 0 Å². The zero-order valence-corrected chi connectivity index (χ0v) is 13.9. The number of carbonyl (C=O) groups is 1. The molecule has 5 nitrogen and oxygen atoms in total. The van der Waals surface area contributed by atoms with Crippen LogP contribution in [0.5, 0.6) is 0 Å². The van der Waals surface area contributed by atoms with E-state index in [9.17, 15) is 13.2 Å². The van der Waals surface area contributed by atoms with Crippen LogP contribution in [0, 0.1) is 5.92 Å². The van der Waals surface area contributed by atoms with Gasteiger partial charge in [0.15, 0.2) is 0 Å². The molecular formula is C11H15Cl2NO4S2. The molecule has 1 aromatic rings. The second kappa shape index (κ2) is 7.61. The molecule has 0 saturated carbocycles. The fraction of sp³-hybridized carbons (Fsp3) is 0.545. The zero-order valence-electron chi connectivity index (χ0n) is 10.7. The lowest BCUT2D eigenvalue weighted by molar-refractivity contribution is -0.137. The monoisotopic (exact) mass is 359 g/mol. The van der Waals surface area contributed by atoms with Gasteiger partial charge in [-0.15, -0.1) is 11.3 Å².